The summed E-state index contributed by atoms with van der Waals surface area (Å²) in [5, 5.41) is 11.4. The van der Waals surface area contributed by atoms with Crippen molar-refractivity contribution < 1.29 is 19.0 Å². The summed E-state index contributed by atoms with van der Waals surface area (Å²) in [6.07, 6.45) is 4.19. The molecule has 0 radical (unpaired) electrons. The molecule has 1 N–H and O–H groups in total. The molecule has 1 saturated heterocycles. The van der Waals surface area contributed by atoms with Gasteiger partial charge in [-0.25, -0.2) is 4.39 Å². The highest BCUT2D eigenvalue weighted by Crippen LogP contribution is 2.51. The van der Waals surface area contributed by atoms with Gasteiger partial charge in [0.25, 0.3) is 5.91 Å². The van der Waals surface area contributed by atoms with Crippen LogP contribution < -0.4 is 4.74 Å². The highest BCUT2D eigenvalue weighted by molar-refractivity contribution is 5.94. The summed E-state index contributed by atoms with van der Waals surface area (Å²) in [7, 11) is 0. The number of hydrogen-bond acceptors (Lipinski definition) is 3. The summed E-state index contributed by atoms with van der Waals surface area (Å²) in [6, 6.07) is 13.3. The molecule has 2 fully saturated rings. The van der Waals surface area contributed by atoms with Crippen molar-refractivity contribution in [1.82, 2.24) is 4.90 Å². The van der Waals surface area contributed by atoms with Crippen LogP contribution in [0.1, 0.15) is 61.0 Å². The Kier molecular flexibility index (Phi) is 5.59. The minimum Gasteiger partial charge on any atom is -0.494 e. The molecule has 29 heavy (non-hydrogen) atoms. The van der Waals surface area contributed by atoms with E-state index < -0.39 is 11.4 Å². The van der Waals surface area contributed by atoms with Gasteiger partial charge in [0.15, 0.2) is 0 Å². The Morgan fingerprint density at radius 1 is 1.21 bits per heavy atom. The average molecular weight is 397 g/mol. The quantitative estimate of drug-likeness (QED) is 0.811. The average Bonchev–Trinajstić information content (AvgIpc) is 2.73. The standard InChI is InChI=1S/C24H28FNO3/c1-2-29-21-12-4-3-10-19(21)22-20-11-5-6-13-24(20,28)14-15-26(22)23(27)17-8-7-9-18(25)16-17/h3-4,7-10,12,16,20,22,28H,2,5-6,11,13-15H2,1H3/t20-,22+,24-/m1/s1. The molecule has 4 rings (SSSR count). The molecule has 3 atom stereocenters. The van der Waals surface area contributed by atoms with Crippen LogP contribution in [-0.2, 0) is 0 Å². The molecule has 1 amide bonds. The van der Waals surface area contributed by atoms with E-state index in [-0.39, 0.29) is 17.9 Å². The van der Waals surface area contributed by atoms with Crippen LogP contribution in [0.2, 0.25) is 0 Å². The van der Waals surface area contributed by atoms with Crippen molar-refractivity contribution in [2.45, 2.75) is 50.7 Å². The van der Waals surface area contributed by atoms with Gasteiger partial charge in [-0.05, 0) is 50.5 Å². The van der Waals surface area contributed by atoms with E-state index in [1.54, 1.807) is 12.1 Å². The van der Waals surface area contributed by atoms with Crippen molar-refractivity contribution in [1.29, 1.82) is 0 Å². The molecule has 154 valence electrons. The van der Waals surface area contributed by atoms with Gasteiger partial charge in [0, 0.05) is 23.6 Å². The van der Waals surface area contributed by atoms with Crippen LogP contribution in [0.15, 0.2) is 48.5 Å². The monoisotopic (exact) mass is 397 g/mol. The number of carbonyl (C=O) groups is 1. The fourth-order valence-electron chi connectivity index (χ4n) is 5.09. The highest BCUT2D eigenvalue weighted by atomic mass is 19.1. The predicted octanol–water partition coefficient (Wildman–Crippen LogP) is 4.73. The molecule has 0 unspecified atom stereocenters. The van der Waals surface area contributed by atoms with E-state index >= 15 is 0 Å². The first-order valence-corrected chi connectivity index (χ1v) is 10.5. The fraction of sp³-hybridized carbons (Fsp3) is 0.458. The summed E-state index contributed by atoms with van der Waals surface area (Å²) < 4.78 is 19.7. The van der Waals surface area contributed by atoms with E-state index in [1.165, 1.54) is 12.1 Å². The summed E-state index contributed by atoms with van der Waals surface area (Å²) in [4.78, 5) is 15.2. The third-order valence-corrected chi connectivity index (χ3v) is 6.44. The number of benzene rings is 2. The molecule has 4 nitrogen and oxygen atoms in total. The van der Waals surface area contributed by atoms with Gasteiger partial charge in [0.05, 0.1) is 18.2 Å². The Bertz CT molecular complexity index is 886. The van der Waals surface area contributed by atoms with Crippen LogP contribution in [-0.4, -0.2) is 34.7 Å². The van der Waals surface area contributed by atoms with E-state index in [0.29, 0.717) is 25.1 Å². The van der Waals surface area contributed by atoms with Gasteiger partial charge in [-0.2, -0.15) is 0 Å². The summed E-state index contributed by atoms with van der Waals surface area (Å²) in [6.45, 7) is 2.90. The van der Waals surface area contributed by atoms with E-state index in [1.807, 2.05) is 36.1 Å². The minimum atomic E-state index is -0.777. The number of likely N-dealkylation sites (tertiary alicyclic amines) is 1. The molecule has 0 aromatic heterocycles. The van der Waals surface area contributed by atoms with Gasteiger partial charge >= 0.3 is 0 Å². The van der Waals surface area contributed by atoms with Crippen molar-refractivity contribution in [3.63, 3.8) is 0 Å². The number of nitrogens with zero attached hydrogens (tertiary/aromatic N) is 1. The fourth-order valence-corrected chi connectivity index (χ4v) is 5.09. The lowest BCUT2D eigenvalue weighted by atomic mass is 9.66. The molecular weight excluding hydrogens is 369 g/mol. The van der Waals surface area contributed by atoms with Crippen molar-refractivity contribution in [3.05, 3.63) is 65.5 Å². The Morgan fingerprint density at radius 2 is 2.03 bits per heavy atom. The molecule has 2 aromatic carbocycles. The van der Waals surface area contributed by atoms with Gasteiger partial charge in [0.2, 0.25) is 0 Å². The second-order valence-electron chi connectivity index (χ2n) is 8.13. The summed E-state index contributed by atoms with van der Waals surface area (Å²) in [5.74, 6) is 0.0534. The maximum atomic E-state index is 13.8. The summed E-state index contributed by atoms with van der Waals surface area (Å²) >= 11 is 0. The smallest absolute Gasteiger partial charge is 0.254 e. The normalized spacial score (nSPS) is 26.7. The largest absolute Gasteiger partial charge is 0.494 e. The van der Waals surface area contributed by atoms with Crippen molar-refractivity contribution >= 4 is 5.91 Å². The van der Waals surface area contributed by atoms with Gasteiger partial charge < -0.3 is 14.7 Å². The van der Waals surface area contributed by atoms with Gasteiger partial charge in [-0.1, -0.05) is 37.1 Å². The van der Waals surface area contributed by atoms with Crippen LogP contribution in [0.5, 0.6) is 5.75 Å². The van der Waals surface area contributed by atoms with Crippen LogP contribution in [0.3, 0.4) is 0 Å². The zero-order valence-electron chi connectivity index (χ0n) is 16.8. The van der Waals surface area contributed by atoms with E-state index in [4.69, 9.17) is 4.74 Å². The van der Waals surface area contributed by atoms with E-state index in [9.17, 15) is 14.3 Å². The molecule has 5 heteroatoms. The number of amides is 1. The molecule has 1 aliphatic heterocycles. The number of aliphatic hydroxyl groups is 1. The van der Waals surface area contributed by atoms with Crippen molar-refractivity contribution in [3.8, 4) is 5.75 Å². The number of ether oxygens (including phenoxy) is 1. The lowest BCUT2D eigenvalue weighted by molar-refractivity contribution is -0.115. The lowest BCUT2D eigenvalue weighted by Crippen LogP contribution is -2.56. The van der Waals surface area contributed by atoms with Crippen LogP contribution in [0, 0.1) is 11.7 Å². The number of rotatable bonds is 4. The SMILES string of the molecule is CCOc1ccccc1[C@H]1[C@H]2CCCC[C@@]2(O)CCN1C(=O)c1cccc(F)c1. The Labute approximate surface area is 171 Å². The number of hydrogen-bond donors (Lipinski definition) is 1. The number of piperidine rings is 1. The molecular formula is C24H28FNO3. The third kappa shape index (κ3) is 3.76. The zero-order valence-corrected chi connectivity index (χ0v) is 16.8. The summed E-state index contributed by atoms with van der Waals surface area (Å²) in [5.41, 5.74) is 0.482. The molecule has 2 aliphatic rings. The number of carbonyl (C=O) groups excluding carboxylic acids is 1. The first-order chi connectivity index (χ1) is 14.0. The maximum absolute atomic E-state index is 13.8. The second kappa shape index (κ2) is 8.15. The van der Waals surface area contributed by atoms with Crippen LogP contribution in [0.25, 0.3) is 0 Å². The topological polar surface area (TPSA) is 49.8 Å². The number of fused-ring (bicyclic) bond motifs is 1. The highest BCUT2D eigenvalue weighted by Gasteiger charge is 2.50. The zero-order chi connectivity index (χ0) is 20.4. The third-order valence-electron chi connectivity index (χ3n) is 6.44. The number of halogens is 1. The Balaban J connectivity index is 1.79. The van der Waals surface area contributed by atoms with Gasteiger partial charge in [-0.15, -0.1) is 0 Å². The second-order valence-corrected chi connectivity index (χ2v) is 8.13. The molecule has 2 aromatic rings. The molecule has 0 spiro atoms. The van der Waals surface area contributed by atoms with Gasteiger partial charge in [-0.3, -0.25) is 4.79 Å². The molecule has 1 aliphatic carbocycles. The maximum Gasteiger partial charge on any atom is 0.254 e. The predicted molar refractivity (Wildman–Crippen MR) is 109 cm³/mol. The Morgan fingerprint density at radius 3 is 2.83 bits per heavy atom. The molecule has 1 saturated carbocycles. The van der Waals surface area contributed by atoms with Crippen LogP contribution in [0.4, 0.5) is 4.39 Å². The van der Waals surface area contributed by atoms with Gasteiger partial charge in [0.1, 0.15) is 11.6 Å². The molecule has 1 heterocycles. The number of para-hydroxylation sites is 1. The Hall–Kier alpha value is -2.40. The lowest BCUT2D eigenvalue weighted by Gasteiger charge is -2.52. The van der Waals surface area contributed by atoms with E-state index in [2.05, 4.69) is 0 Å². The van der Waals surface area contributed by atoms with E-state index in [0.717, 1.165) is 37.0 Å². The first kappa shape index (κ1) is 19.9. The first-order valence-electron chi connectivity index (χ1n) is 10.5. The van der Waals surface area contributed by atoms with Crippen LogP contribution >= 0.6 is 0 Å². The molecule has 0 bridgehead atoms. The minimum absolute atomic E-state index is 0.0656. The van der Waals surface area contributed by atoms with Crippen molar-refractivity contribution in [2.24, 2.45) is 5.92 Å². The van der Waals surface area contributed by atoms with Crippen molar-refractivity contribution in [2.75, 3.05) is 13.2 Å².